The highest BCUT2D eigenvalue weighted by atomic mass is 16.5. The Morgan fingerprint density at radius 3 is 3.04 bits per heavy atom. The molecule has 0 spiro atoms. The zero-order valence-corrected chi connectivity index (χ0v) is 14.1. The third-order valence-corrected chi connectivity index (χ3v) is 3.66. The molecule has 0 aliphatic carbocycles. The maximum atomic E-state index is 12.2. The predicted octanol–water partition coefficient (Wildman–Crippen LogP) is 2.28. The summed E-state index contributed by atoms with van der Waals surface area (Å²) in [7, 11) is 1.62. The molecule has 23 heavy (non-hydrogen) atoms. The normalized spacial score (nSPS) is 19.6. The molecule has 1 fully saturated rings. The number of ether oxygens (including phenoxy) is 3. The monoisotopic (exact) mass is 322 g/mol. The van der Waals surface area contributed by atoms with Crippen molar-refractivity contribution in [1.29, 1.82) is 0 Å². The minimum absolute atomic E-state index is 0.0663. The van der Waals surface area contributed by atoms with Crippen LogP contribution in [0.5, 0.6) is 11.5 Å². The molecule has 0 saturated carbocycles. The van der Waals surface area contributed by atoms with Crippen LogP contribution in [-0.2, 0) is 4.74 Å². The van der Waals surface area contributed by atoms with Gasteiger partial charge in [-0.1, -0.05) is 6.07 Å². The minimum atomic E-state index is -0.133. The van der Waals surface area contributed by atoms with E-state index < -0.39 is 0 Å². The number of methoxy groups -OCH3 is 1. The topological polar surface area (TPSA) is 60.0 Å². The summed E-state index contributed by atoms with van der Waals surface area (Å²) in [5.41, 5.74) is 0. The highest BCUT2D eigenvalue weighted by Crippen LogP contribution is 2.19. The smallest absolute Gasteiger partial charge is 0.317 e. The standard InChI is InChI=1S/C17H26N2O4/c1-13(23-16-7-4-6-15(10-16)21-3)11-18-17(20)19-8-5-9-22-14(2)12-19/h4,6-7,10,13-14H,5,8-9,11-12H2,1-3H3,(H,18,20). The Labute approximate surface area is 137 Å². The SMILES string of the molecule is COc1cccc(OC(C)CNC(=O)N2CCCOC(C)C2)c1. The average molecular weight is 322 g/mol. The van der Waals surface area contributed by atoms with Gasteiger partial charge in [0.1, 0.15) is 17.6 Å². The summed E-state index contributed by atoms with van der Waals surface area (Å²) in [6, 6.07) is 7.37. The molecule has 0 radical (unpaired) electrons. The van der Waals surface area contributed by atoms with Crippen LogP contribution in [0.3, 0.4) is 0 Å². The molecule has 0 bridgehead atoms. The lowest BCUT2D eigenvalue weighted by atomic mass is 10.3. The minimum Gasteiger partial charge on any atom is -0.497 e. The second kappa shape index (κ2) is 8.62. The second-order valence-corrected chi connectivity index (χ2v) is 5.77. The van der Waals surface area contributed by atoms with Crippen LogP contribution in [0.2, 0.25) is 0 Å². The lowest BCUT2D eigenvalue weighted by Gasteiger charge is -2.24. The van der Waals surface area contributed by atoms with Crippen molar-refractivity contribution < 1.29 is 19.0 Å². The van der Waals surface area contributed by atoms with Crippen LogP contribution < -0.4 is 14.8 Å². The van der Waals surface area contributed by atoms with Gasteiger partial charge in [0.2, 0.25) is 0 Å². The van der Waals surface area contributed by atoms with Gasteiger partial charge < -0.3 is 24.4 Å². The fraction of sp³-hybridized carbons (Fsp3) is 0.588. The third-order valence-electron chi connectivity index (χ3n) is 3.66. The van der Waals surface area contributed by atoms with Gasteiger partial charge in [0.25, 0.3) is 0 Å². The summed E-state index contributed by atoms with van der Waals surface area (Å²) in [5, 5.41) is 2.92. The summed E-state index contributed by atoms with van der Waals surface area (Å²) >= 11 is 0. The predicted molar refractivity (Wildman–Crippen MR) is 88.1 cm³/mol. The molecule has 6 heteroatoms. The van der Waals surface area contributed by atoms with Gasteiger partial charge in [-0.05, 0) is 32.4 Å². The van der Waals surface area contributed by atoms with Gasteiger partial charge in [-0.15, -0.1) is 0 Å². The first kappa shape index (κ1) is 17.4. The maximum Gasteiger partial charge on any atom is 0.317 e. The lowest BCUT2D eigenvalue weighted by molar-refractivity contribution is 0.0708. The van der Waals surface area contributed by atoms with Crippen molar-refractivity contribution >= 4 is 6.03 Å². The number of hydrogen-bond donors (Lipinski definition) is 1. The van der Waals surface area contributed by atoms with Crippen molar-refractivity contribution in [2.45, 2.75) is 32.5 Å². The molecule has 0 aromatic heterocycles. The van der Waals surface area contributed by atoms with Gasteiger partial charge in [-0.25, -0.2) is 4.79 Å². The van der Waals surface area contributed by atoms with Crippen LogP contribution in [-0.4, -0.2) is 56.5 Å². The lowest BCUT2D eigenvalue weighted by Crippen LogP contribution is -2.45. The number of amides is 2. The van der Waals surface area contributed by atoms with Gasteiger partial charge in [0, 0.05) is 25.8 Å². The number of rotatable bonds is 5. The van der Waals surface area contributed by atoms with Crippen LogP contribution in [0.25, 0.3) is 0 Å². The van der Waals surface area contributed by atoms with E-state index in [0.717, 1.165) is 24.5 Å². The van der Waals surface area contributed by atoms with E-state index in [1.807, 2.05) is 38.1 Å². The van der Waals surface area contributed by atoms with Crippen molar-refractivity contribution in [2.24, 2.45) is 0 Å². The Kier molecular flexibility index (Phi) is 6.52. The summed E-state index contributed by atoms with van der Waals surface area (Å²) in [4.78, 5) is 14.0. The number of urea groups is 1. The number of nitrogens with one attached hydrogen (secondary N) is 1. The van der Waals surface area contributed by atoms with Crippen molar-refractivity contribution in [3.8, 4) is 11.5 Å². The van der Waals surface area contributed by atoms with E-state index in [4.69, 9.17) is 14.2 Å². The van der Waals surface area contributed by atoms with Crippen molar-refractivity contribution in [3.05, 3.63) is 24.3 Å². The van der Waals surface area contributed by atoms with E-state index in [2.05, 4.69) is 5.32 Å². The Morgan fingerprint density at radius 1 is 1.48 bits per heavy atom. The van der Waals surface area contributed by atoms with E-state index in [1.54, 1.807) is 12.0 Å². The molecule has 1 aromatic rings. The van der Waals surface area contributed by atoms with E-state index in [9.17, 15) is 4.79 Å². The fourth-order valence-electron chi connectivity index (χ4n) is 2.47. The number of benzene rings is 1. The van der Waals surface area contributed by atoms with Crippen molar-refractivity contribution in [1.82, 2.24) is 10.2 Å². The first-order valence-electron chi connectivity index (χ1n) is 8.03. The molecule has 1 heterocycles. The Hall–Kier alpha value is -1.95. The summed E-state index contributed by atoms with van der Waals surface area (Å²) < 4.78 is 16.5. The van der Waals surface area contributed by atoms with E-state index in [-0.39, 0.29) is 18.2 Å². The highest BCUT2D eigenvalue weighted by Gasteiger charge is 2.20. The van der Waals surface area contributed by atoms with Gasteiger partial charge in [0.05, 0.1) is 19.8 Å². The molecule has 1 aliphatic rings. The zero-order chi connectivity index (χ0) is 16.7. The first-order chi connectivity index (χ1) is 11.1. The molecule has 6 nitrogen and oxygen atoms in total. The zero-order valence-electron chi connectivity index (χ0n) is 14.1. The summed E-state index contributed by atoms with van der Waals surface area (Å²) in [6.07, 6.45) is 0.814. The number of carbonyl (C=O) groups excluding carboxylic acids is 1. The number of hydrogen-bond acceptors (Lipinski definition) is 4. The van der Waals surface area contributed by atoms with Gasteiger partial charge in [0.15, 0.2) is 0 Å². The third kappa shape index (κ3) is 5.63. The fourth-order valence-corrected chi connectivity index (χ4v) is 2.47. The van der Waals surface area contributed by atoms with Gasteiger partial charge >= 0.3 is 6.03 Å². The van der Waals surface area contributed by atoms with Crippen LogP contribution in [0, 0.1) is 0 Å². The number of nitrogens with zero attached hydrogens (tertiary/aromatic N) is 1. The molecule has 1 saturated heterocycles. The Morgan fingerprint density at radius 2 is 2.26 bits per heavy atom. The van der Waals surface area contributed by atoms with Crippen LogP contribution in [0.1, 0.15) is 20.3 Å². The summed E-state index contributed by atoms with van der Waals surface area (Å²) in [5.74, 6) is 1.47. The largest absolute Gasteiger partial charge is 0.497 e. The Balaban J connectivity index is 1.78. The molecule has 1 N–H and O–H groups in total. The van der Waals surface area contributed by atoms with Crippen LogP contribution in [0.4, 0.5) is 4.79 Å². The molecule has 2 unspecified atom stereocenters. The molecule has 2 atom stereocenters. The Bertz CT molecular complexity index is 509. The molecular weight excluding hydrogens is 296 g/mol. The van der Waals surface area contributed by atoms with Crippen LogP contribution >= 0.6 is 0 Å². The molecule has 1 aliphatic heterocycles. The van der Waals surface area contributed by atoms with E-state index >= 15 is 0 Å². The van der Waals surface area contributed by atoms with Gasteiger partial charge in [-0.3, -0.25) is 0 Å². The van der Waals surface area contributed by atoms with E-state index in [0.29, 0.717) is 19.7 Å². The molecular formula is C17H26N2O4. The molecule has 1 aromatic carbocycles. The second-order valence-electron chi connectivity index (χ2n) is 5.77. The summed E-state index contributed by atoms with van der Waals surface area (Å²) in [6.45, 7) is 6.41. The van der Waals surface area contributed by atoms with Crippen molar-refractivity contribution in [2.75, 3.05) is 33.4 Å². The van der Waals surface area contributed by atoms with Crippen LogP contribution in [0.15, 0.2) is 24.3 Å². The van der Waals surface area contributed by atoms with Crippen molar-refractivity contribution in [3.63, 3.8) is 0 Å². The van der Waals surface area contributed by atoms with Gasteiger partial charge in [-0.2, -0.15) is 0 Å². The quantitative estimate of drug-likeness (QED) is 0.903. The molecule has 2 amide bonds. The molecule has 2 rings (SSSR count). The average Bonchev–Trinajstić information content (AvgIpc) is 2.77. The highest BCUT2D eigenvalue weighted by molar-refractivity contribution is 5.74. The molecule has 128 valence electrons. The van der Waals surface area contributed by atoms with E-state index in [1.165, 1.54) is 0 Å². The number of carbonyl (C=O) groups is 1. The first-order valence-corrected chi connectivity index (χ1v) is 8.03. The maximum absolute atomic E-state index is 12.2.